The predicted molar refractivity (Wildman–Crippen MR) is 83.4 cm³/mol. The van der Waals surface area contributed by atoms with Crippen molar-refractivity contribution in [2.75, 3.05) is 5.88 Å². The zero-order valence-corrected chi connectivity index (χ0v) is 13.7. The van der Waals surface area contributed by atoms with Gasteiger partial charge in [-0.3, -0.25) is 4.79 Å². The molecule has 1 rings (SSSR count). The van der Waals surface area contributed by atoms with E-state index in [0.717, 1.165) is 5.57 Å². The molecule has 0 radical (unpaired) electrons. The maximum atomic E-state index is 13.8. The fourth-order valence-corrected chi connectivity index (χ4v) is 2.57. The predicted octanol–water partition coefficient (Wildman–Crippen LogP) is 4.25. The van der Waals surface area contributed by atoms with Crippen LogP contribution in [0, 0.1) is 29.6 Å². The number of carbonyl (C=O) groups is 1. The number of hydrogen-bond acceptors (Lipinski definition) is 2. The summed E-state index contributed by atoms with van der Waals surface area (Å²) in [6.45, 7) is 7.95. The van der Waals surface area contributed by atoms with Crippen LogP contribution < -0.4 is 0 Å². The van der Waals surface area contributed by atoms with Crippen molar-refractivity contribution in [2.45, 2.75) is 40.2 Å². The summed E-state index contributed by atoms with van der Waals surface area (Å²) in [5.74, 6) is 1.21. The van der Waals surface area contributed by atoms with Gasteiger partial charge in [0.15, 0.2) is 0 Å². The molecule has 1 aliphatic rings. The van der Waals surface area contributed by atoms with Gasteiger partial charge in [0, 0.05) is 5.88 Å². The average molecular weight is 313 g/mol. The smallest absolute Gasteiger partial charge is 0.311 e. The van der Waals surface area contributed by atoms with Crippen LogP contribution >= 0.6 is 11.6 Å². The van der Waals surface area contributed by atoms with Gasteiger partial charge in [-0.1, -0.05) is 31.4 Å². The minimum Gasteiger partial charge on any atom is -0.441 e. The lowest BCUT2D eigenvalue weighted by molar-refractivity contribution is -0.148. The standard InChI is InChI=1S/C17H22ClFO2/c1-6-14(13(19)8-7-9-18)21-16(20)15-12(10-11(2)3)17(15,4)5/h1,8,10,12,14-15H,7,9H2,2-5H3. The van der Waals surface area contributed by atoms with Crippen molar-refractivity contribution in [2.24, 2.45) is 17.3 Å². The van der Waals surface area contributed by atoms with E-state index in [2.05, 4.69) is 12.0 Å². The first-order valence-electron chi connectivity index (χ1n) is 6.98. The maximum Gasteiger partial charge on any atom is 0.311 e. The highest BCUT2D eigenvalue weighted by atomic mass is 35.5. The fourth-order valence-electron chi connectivity index (χ4n) is 2.46. The van der Waals surface area contributed by atoms with E-state index >= 15 is 0 Å². The van der Waals surface area contributed by atoms with Crippen molar-refractivity contribution in [3.63, 3.8) is 0 Å². The van der Waals surface area contributed by atoms with E-state index in [1.165, 1.54) is 6.08 Å². The second-order valence-electron chi connectivity index (χ2n) is 6.12. The van der Waals surface area contributed by atoms with Crippen LogP contribution in [0.5, 0.6) is 0 Å². The highest BCUT2D eigenvalue weighted by molar-refractivity contribution is 6.17. The molecular formula is C17H22ClFO2. The molecule has 0 saturated heterocycles. The van der Waals surface area contributed by atoms with Gasteiger partial charge in [-0.15, -0.1) is 18.0 Å². The van der Waals surface area contributed by atoms with Crippen molar-refractivity contribution < 1.29 is 13.9 Å². The third kappa shape index (κ3) is 4.35. The summed E-state index contributed by atoms with van der Waals surface area (Å²) in [7, 11) is 0. The molecule has 0 spiro atoms. The Morgan fingerprint density at radius 2 is 2.14 bits per heavy atom. The lowest BCUT2D eigenvalue weighted by Gasteiger charge is -2.11. The van der Waals surface area contributed by atoms with Gasteiger partial charge in [-0.25, -0.2) is 4.39 Å². The van der Waals surface area contributed by atoms with Crippen LogP contribution in [0.25, 0.3) is 0 Å². The molecule has 0 aromatic rings. The van der Waals surface area contributed by atoms with Crippen molar-refractivity contribution in [1.82, 2.24) is 0 Å². The molecule has 3 atom stereocenters. The summed E-state index contributed by atoms with van der Waals surface area (Å²) in [6, 6.07) is 0. The molecule has 2 nitrogen and oxygen atoms in total. The van der Waals surface area contributed by atoms with Gasteiger partial charge in [-0.2, -0.15) is 0 Å². The van der Waals surface area contributed by atoms with E-state index in [4.69, 9.17) is 22.8 Å². The Hall–Kier alpha value is -1.27. The van der Waals surface area contributed by atoms with Crippen LogP contribution in [0.15, 0.2) is 23.6 Å². The molecule has 0 bridgehead atoms. The third-order valence-electron chi connectivity index (χ3n) is 3.76. The van der Waals surface area contributed by atoms with E-state index in [1.54, 1.807) is 0 Å². The molecule has 0 aliphatic heterocycles. The second kappa shape index (κ2) is 7.13. The summed E-state index contributed by atoms with van der Waals surface area (Å²) in [5, 5.41) is 0. The molecule has 4 heteroatoms. The summed E-state index contributed by atoms with van der Waals surface area (Å²) in [4.78, 5) is 12.2. The van der Waals surface area contributed by atoms with Gasteiger partial charge in [0.1, 0.15) is 5.83 Å². The normalized spacial score (nSPS) is 24.7. The number of allylic oxidation sites excluding steroid dienone is 3. The summed E-state index contributed by atoms with van der Waals surface area (Å²) in [5.41, 5.74) is 0.967. The molecule has 1 fully saturated rings. The number of carbonyl (C=O) groups excluding carboxylic acids is 1. The summed E-state index contributed by atoms with van der Waals surface area (Å²) >= 11 is 5.49. The molecule has 3 unspecified atom stereocenters. The largest absolute Gasteiger partial charge is 0.441 e. The Kier molecular flexibility index (Phi) is 6.04. The van der Waals surface area contributed by atoms with Crippen molar-refractivity contribution in [1.29, 1.82) is 0 Å². The van der Waals surface area contributed by atoms with Crippen LogP contribution in [0.2, 0.25) is 0 Å². The molecule has 0 amide bonds. The molecule has 0 N–H and O–H groups in total. The molecule has 0 aromatic heterocycles. The Labute approximate surface area is 131 Å². The molecule has 1 aliphatic carbocycles. The molecule has 1 saturated carbocycles. The van der Waals surface area contributed by atoms with E-state index in [1.807, 2.05) is 27.7 Å². The molecule has 0 heterocycles. The molecule has 21 heavy (non-hydrogen) atoms. The van der Waals surface area contributed by atoms with Crippen LogP contribution in [0.3, 0.4) is 0 Å². The number of terminal acetylenes is 1. The number of hydrogen-bond donors (Lipinski definition) is 0. The topological polar surface area (TPSA) is 26.3 Å². The Balaban J connectivity index is 2.73. The quantitative estimate of drug-likeness (QED) is 0.317. The number of rotatable bonds is 6. The third-order valence-corrected chi connectivity index (χ3v) is 3.98. The first-order valence-corrected chi connectivity index (χ1v) is 7.52. The van der Waals surface area contributed by atoms with Crippen molar-refractivity contribution in [3.8, 4) is 12.3 Å². The number of alkyl halides is 1. The van der Waals surface area contributed by atoms with Crippen LogP contribution in [0.1, 0.15) is 34.1 Å². The minimum absolute atomic E-state index is 0.114. The van der Waals surface area contributed by atoms with Gasteiger partial charge in [-0.05, 0) is 37.7 Å². The van der Waals surface area contributed by atoms with Crippen molar-refractivity contribution >= 4 is 17.6 Å². The number of halogens is 2. The zero-order valence-electron chi connectivity index (χ0n) is 13.0. The first-order chi connectivity index (χ1) is 9.75. The lowest BCUT2D eigenvalue weighted by Crippen LogP contribution is -2.20. The van der Waals surface area contributed by atoms with Gasteiger partial charge >= 0.3 is 5.97 Å². The Morgan fingerprint density at radius 3 is 2.62 bits per heavy atom. The van der Waals surface area contributed by atoms with Gasteiger partial charge < -0.3 is 4.74 Å². The van der Waals surface area contributed by atoms with Gasteiger partial charge in [0.25, 0.3) is 0 Å². The lowest BCUT2D eigenvalue weighted by atomic mass is 10.1. The second-order valence-corrected chi connectivity index (χ2v) is 6.50. The van der Waals surface area contributed by atoms with E-state index in [-0.39, 0.29) is 23.1 Å². The highest BCUT2D eigenvalue weighted by Gasteiger charge is 2.61. The van der Waals surface area contributed by atoms with Crippen LogP contribution in [-0.2, 0) is 9.53 Å². The van der Waals surface area contributed by atoms with Crippen LogP contribution in [0.4, 0.5) is 4.39 Å². The average Bonchev–Trinajstić information content (AvgIpc) is 2.93. The SMILES string of the molecule is C#CC(OC(=O)C1C(C=C(C)C)C1(C)C)C(F)=CCCCl. The number of esters is 1. The van der Waals surface area contributed by atoms with Gasteiger partial charge in [0.05, 0.1) is 5.92 Å². The van der Waals surface area contributed by atoms with E-state index < -0.39 is 17.9 Å². The Bertz CT molecular complexity index is 495. The molecular weight excluding hydrogens is 291 g/mol. The first kappa shape index (κ1) is 17.8. The van der Waals surface area contributed by atoms with E-state index in [9.17, 15) is 9.18 Å². The highest BCUT2D eigenvalue weighted by Crippen LogP contribution is 2.59. The minimum atomic E-state index is -1.26. The number of ether oxygens (including phenoxy) is 1. The van der Waals surface area contributed by atoms with Crippen molar-refractivity contribution in [3.05, 3.63) is 23.6 Å². The monoisotopic (exact) mass is 312 g/mol. The summed E-state index contributed by atoms with van der Waals surface area (Å²) < 4.78 is 18.9. The zero-order chi connectivity index (χ0) is 16.2. The fraction of sp³-hybridized carbons (Fsp3) is 0.588. The van der Waals surface area contributed by atoms with Crippen LogP contribution in [-0.4, -0.2) is 18.0 Å². The summed E-state index contributed by atoms with van der Waals surface area (Å²) in [6.07, 6.45) is 7.64. The molecule has 116 valence electrons. The maximum absolute atomic E-state index is 13.8. The van der Waals surface area contributed by atoms with Gasteiger partial charge in [0.2, 0.25) is 6.10 Å². The van der Waals surface area contributed by atoms with E-state index in [0.29, 0.717) is 6.42 Å². The molecule has 0 aromatic carbocycles. The Morgan fingerprint density at radius 1 is 1.52 bits per heavy atom.